The number of hydrogen-bond donors (Lipinski definition) is 1. The van der Waals surface area contributed by atoms with E-state index in [2.05, 4.69) is 27.5 Å². The monoisotopic (exact) mass is 432 g/mol. The van der Waals surface area contributed by atoms with Gasteiger partial charge in [0.2, 0.25) is 5.91 Å². The second-order valence-electron chi connectivity index (χ2n) is 7.18. The molecule has 0 atom stereocenters. The van der Waals surface area contributed by atoms with Gasteiger partial charge in [-0.25, -0.2) is 0 Å². The van der Waals surface area contributed by atoms with Crippen LogP contribution in [0.15, 0.2) is 66.0 Å². The lowest BCUT2D eigenvalue weighted by atomic mass is 10.1. The van der Waals surface area contributed by atoms with E-state index in [1.807, 2.05) is 79.5 Å². The fourth-order valence-corrected chi connectivity index (χ4v) is 4.00. The summed E-state index contributed by atoms with van der Waals surface area (Å²) < 4.78 is 3.67. The number of aromatic nitrogens is 5. The Morgan fingerprint density at radius 2 is 1.77 bits per heavy atom. The van der Waals surface area contributed by atoms with Crippen molar-refractivity contribution in [1.29, 1.82) is 0 Å². The Kier molecular flexibility index (Phi) is 6.18. The Bertz CT molecular complexity index is 1180. The molecule has 0 unspecified atom stereocenters. The van der Waals surface area contributed by atoms with Crippen molar-refractivity contribution < 1.29 is 4.79 Å². The third-order valence-electron chi connectivity index (χ3n) is 4.93. The molecule has 0 aliphatic carbocycles. The van der Waals surface area contributed by atoms with Crippen molar-refractivity contribution in [3.8, 4) is 22.6 Å². The number of nitrogens with zero attached hydrogens (tertiary/aromatic N) is 5. The number of hydrogen-bond acceptors (Lipinski definition) is 5. The molecule has 1 amide bonds. The molecule has 31 heavy (non-hydrogen) atoms. The van der Waals surface area contributed by atoms with Gasteiger partial charge < -0.3 is 9.88 Å². The summed E-state index contributed by atoms with van der Waals surface area (Å²) in [5, 5.41) is 16.9. The fraction of sp³-hybridized carbons (Fsp3) is 0.217. The van der Waals surface area contributed by atoms with E-state index in [0.717, 1.165) is 28.9 Å². The van der Waals surface area contributed by atoms with E-state index in [-0.39, 0.29) is 11.7 Å². The first kappa shape index (κ1) is 20.9. The smallest absolute Gasteiger partial charge is 0.234 e. The summed E-state index contributed by atoms with van der Waals surface area (Å²) in [6.07, 6.45) is 2.91. The highest BCUT2D eigenvalue weighted by atomic mass is 32.2. The number of amides is 1. The first-order chi connectivity index (χ1) is 15.0. The van der Waals surface area contributed by atoms with Gasteiger partial charge in [-0.15, -0.1) is 10.2 Å². The van der Waals surface area contributed by atoms with Crippen molar-refractivity contribution >= 4 is 23.4 Å². The van der Waals surface area contributed by atoms with Gasteiger partial charge in [-0.05, 0) is 24.1 Å². The molecule has 0 spiro atoms. The van der Waals surface area contributed by atoms with Crippen LogP contribution in [0.2, 0.25) is 0 Å². The number of nitrogens with one attached hydrogen (secondary N) is 1. The number of carbonyl (C=O) groups is 1. The van der Waals surface area contributed by atoms with Crippen LogP contribution in [0, 0.1) is 0 Å². The predicted octanol–water partition coefficient (Wildman–Crippen LogP) is 4.18. The van der Waals surface area contributed by atoms with Crippen LogP contribution >= 0.6 is 11.8 Å². The number of carbonyl (C=O) groups excluding carboxylic acids is 1. The molecule has 0 radical (unpaired) electrons. The van der Waals surface area contributed by atoms with Crippen molar-refractivity contribution in [2.75, 3.05) is 11.1 Å². The molecule has 4 rings (SSSR count). The number of benzene rings is 2. The molecule has 2 aromatic heterocycles. The van der Waals surface area contributed by atoms with Crippen LogP contribution in [0.25, 0.3) is 22.6 Å². The van der Waals surface area contributed by atoms with Crippen LogP contribution in [-0.4, -0.2) is 36.2 Å². The Labute approximate surface area is 185 Å². The molecule has 0 aliphatic rings. The maximum absolute atomic E-state index is 12.4. The largest absolute Gasteiger partial charge is 0.325 e. The van der Waals surface area contributed by atoms with Crippen LogP contribution in [0.4, 0.5) is 5.69 Å². The molecule has 2 aromatic carbocycles. The lowest BCUT2D eigenvalue weighted by molar-refractivity contribution is -0.113. The fourth-order valence-electron chi connectivity index (χ4n) is 3.29. The quantitative estimate of drug-likeness (QED) is 0.444. The summed E-state index contributed by atoms with van der Waals surface area (Å²) in [5.74, 6) is 0.884. The van der Waals surface area contributed by atoms with E-state index < -0.39 is 0 Å². The summed E-state index contributed by atoms with van der Waals surface area (Å²) >= 11 is 1.36. The van der Waals surface area contributed by atoms with Crippen LogP contribution in [0.3, 0.4) is 0 Å². The third-order valence-corrected chi connectivity index (χ3v) is 5.95. The van der Waals surface area contributed by atoms with Crippen LogP contribution in [0.5, 0.6) is 0 Å². The standard InChI is InChI=1S/C23H24N6OS/c1-4-16-10-12-18(13-11-16)24-20(30)15-31-23-26-25-22(29(23)3)19-14-28(2)27-21(19)17-8-6-5-7-9-17/h5-14H,4,15H2,1-3H3,(H,24,30). The van der Waals surface area contributed by atoms with E-state index in [1.54, 1.807) is 4.68 Å². The lowest BCUT2D eigenvalue weighted by Crippen LogP contribution is -2.14. The number of anilines is 1. The van der Waals surface area contributed by atoms with E-state index >= 15 is 0 Å². The topological polar surface area (TPSA) is 77.6 Å². The van der Waals surface area contributed by atoms with Gasteiger partial charge in [0, 0.05) is 31.5 Å². The summed E-state index contributed by atoms with van der Waals surface area (Å²) in [4.78, 5) is 12.4. The molecule has 0 fully saturated rings. The van der Waals surface area contributed by atoms with Crippen molar-refractivity contribution in [3.63, 3.8) is 0 Å². The molecule has 7 nitrogen and oxygen atoms in total. The molecule has 0 saturated carbocycles. The van der Waals surface area contributed by atoms with Crippen LogP contribution in [0.1, 0.15) is 12.5 Å². The minimum Gasteiger partial charge on any atom is -0.325 e. The van der Waals surface area contributed by atoms with Gasteiger partial charge in [0.15, 0.2) is 11.0 Å². The number of thioether (sulfide) groups is 1. The second-order valence-corrected chi connectivity index (χ2v) is 8.13. The van der Waals surface area contributed by atoms with Gasteiger partial charge in [0.1, 0.15) is 5.69 Å². The minimum absolute atomic E-state index is 0.0786. The van der Waals surface area contributed by atoms with E-state index in [4.69, 9.17) is 0 Å². The highest BCUT2D eigenvalue weighted by Gasteiger charge is 2.19. The summed E-state index contributed by atoms with van der Waals surface area (Å²) in [7, 11) is 3.79. The molecule has 158 valence electrons. The highest BCUT2D eigenvalue weighted by Crippen LogP contribution is 2.31. The number of rotatable bonds is 7. The zero-order valence-electron chi connectivity index (χ0n) is 17.7. The van der Waals surface area contributed by atoms with Crippen molar-refractivity contribution in [1.82, 2.24) is 24.5 Å². The van der Waals surface area contributed by atoms with Gasteiger partial charge >= 0.3 is 0 Å². The lowest BCUT2D eigenvalue weighted by Gasteiger charge is -2.06. The van der Waals surface area contributed by atoms with E-state index in [9.17, 15) is 4.79 Å². The minimum atomic E-state index is -0.0786. The molecule has 1 N–H and O–H groups in total. The van der Waals surface area contributed by atoms with Crippen molar-refractivity contribution in [2.24, 2.45) is 14.1 Å². The van der Waals surface area contributed by atoms with Gasteiger partial charge in [-0.2, -0.15) is 5.10 Å². The molecule has 2 heterocycles. The maximum Gasteiger partial charge on any atom is 0.234 e. The average Bonchev–Trinajstić information content (AvgIpc) is 3.35. The summed E-state index contributed by atoms with van der Waals surface area (Å²) in [6.45, 7) is 2.10. The maximum atomic E-state index is 12.4. The predicted molar refractivity (Wildman–Crippen MR) is 124 cm³/mol. The first-order valence-corrected chi connectivity index (χ1v) is 11.0. The van der Waals surface area contributed by atoms with Crippen LogP contribution in [-0.2, 0) is 25.3 Å². The first-order valence-electron chi connectivity index (χ1n) is 10.1. The Morgan fingerprint density at radius 3 is 2.48 bits per heavy atom. The zero-order chi connectivity index (χ0) is 21.8. The normalized spacial score (nSPS) is 10.9. The van der Waals surface area contributed by atoms with Gasteiger partial charge in [0.05, 0.1) is 11.3 Å². The molecule has 0 aliphatic heterocycles. The Balaban J connectivity index is 1.47. The molecule has 0 bridgehead atoms. The molecule has 4 aromatic rings. The van der Waals surface area contributed by atoms with E-state index in [1.165, 1.54) is 17.3 Å². The summed E-state index contributed by atoms with van der Waals surface area (Å²) in [5.41, 5.74) is 4.80. The van der Waals surface area contributed by atoms with Crippen LogP contribution < -0.4 is 5.32 Å². The number of aryl methyl sites for hydroxylation is 2. The summed E-state index contributed by atoms with van der Waals surface area (Å²) in [6, 6.07) is 17.9. The molecule has 8 heteroatoms. The SMILES string of the molecule is CCc1ccc(NC(=O)CSc2nnc(-c3cn(C)nc3-c3ccccc3)n2C)cc1. The van der Waals surface area contributed by atoms with Gasteiger partial charge in [-0.1, -0.05) is 61.2 Å². The third kappa shape index (κ3) is 4.69. The Hall–Kier alpha value is -3.39. The molecule has 0 saturated heterocycles. The average molecular weight is 433 g/mol. The van der Waals surface area contributed by atoms with Gasteiger partial charge in [-0.3, -0.25) is 9.48 Å². The molecular formula is C23H24N6OS. The van der Waals surface area contributed by atoms with Crippen molar-refractivity contribution in [2.45, 2.75) is 18.5 Å². The van der Waals surface area contributed by atoms with Gasteiger partial charge in [0.25, 0.3) is 0 Å². The molecular weight excluding hydrogens is 408 g/mol. The van der Waals surface area contributed by atoms with Crippen molar-refractivity contribution in [3.05, 3.63) is 66.4 Å². The zero-order valence-corrected chi connectivity index (χ0v) is 18.6. The van der Waals surface area contributed by atoms with E-state index in [0.29, 0.717) is 11.0 Å². The highest BCUT2D eigenvalue weighted by molar-refractivity contribution is 7.99. The second kappa shape index (κ2) is 9.18. The Morgan fingerprint density at radius 1 is 1.03 bits per heavy atom.